The van der Waals surface area contributed by atoms with Crippen molar-refractivity contribution >= 4 is 46.6 Å². The molecule has 18 heavy (non-hydrogen) atoms. The average Bonchev–Trinajstić information content (AvgIpc) is 2.24. The Morgan fingerprint density at radius 1 is 1.39 bits per heavy atom. The van der Waals surface area contributed by atoms with E-state index in [-0.39, 0.29) is 16.4 Å². The van der Waals surface area contributed by atoms with Crippen LogP contribution in [0.4, 0.5) is 8.78 Å². The Bertz CT molecular complexity index is 503. The third kappa shape index (κ3) is 3.97. The first-order valence-corrected chi connectivity index (χ1v) is 5.42. The predicted molar refractivity (Wildman–Crippen MR) is 64.1 cm³/mol. The van der Waals surface area contributed by atoms with Gasteiger partial charge in [0.15, 0.2) is 5.84 Å². The Kier molecular flexibility index (Phi) is 4.72. The standard InChI is InChI=1S/C9H5Cl3F2N2O2/c10-4-1-2-5(6(11)3-4)7(15)16-18-8(17)9(12,13)14/h1-3H,(H2,15,16). The van der Waals surface area contributed by atoms with Crippen molar-refractivity contribution in [2.45, 2.75) is 5.38 Å². The van der Waals surface area contributed by atoms with Crippen LogP contribution >= 0.6 is 34.8 Å². The lowest BCUT2D eigenvalue weighted by molar-refractivity contribution is -0.161. The third-order valence-electron chi connectivity index (χ3n) is 1.67. The molecule has 0 aromatic heterocycles. The van der Waals surface area contributed by atoms with Crippen LogP contribution in [-0.2, 0) is 9.63 Å². The molecule has 9 heteroatoms. The first-order chi connectivity index (χ1) is 8.21. The Morgan fingerprint density at radius 2 is 2.00 bits per heavy atom. The summed E-state index contributed by atoms with van der Waals surface area (Å²) in [6, 6.07) is 4.19. The molecule has 0 saturated heterocycles. The zero-order valence-electron chi connectivity index (χ0n) is 8.46. The lowest BCUT2D eigenvalue weighted by atomic mass is 10.2. The van der Waals surface area contributed by atoms with Gasteiger partial charge in [0.1, 0.15) is 0 Å². The van der Waals surface area contributed by atoms with Gasteiger partial charge in [-0.1, -0.05) is 28.4 Å². The summed E-state index contributed by atoms with van der Waals surface area (Å²) in [6.45, 7) is 0. The first-order valence-electron chi connectivity index (χ1n) is 4.29. The molecule has 0 bridgehead atoms. The number of hydrogen-bond acceptors (Lipinski definition) is 3. The number of alkyl halides is 3. The van der Waals surface area contributed by atoms with E-state index in [2.05, 4.69) is 21.6 Å². The van der Waals surface area contributed by atoms with E-state index in [1.165, 1.54) is 18.2 Å². The number of halogens is 5. The van der Waals surface area contributed by atoms with Crippen LogP contribution in [-0.4, -0.2) is 17.2 Å². The number of nitrogens with two attached hydrogens (primary N) is 1. The summed E-state index contributed by atoms with van der Waals surface area (Å²) in [4.78, 5) is 14.5. The smallest absolute Gasteiger partial charge is 0.380 e. The summed E-state index contributed by atoms with van der Waals surface area (Å²) >= 11 is 15.8. The molecule has 0 radical (unpaired) electrons. The van der Waals surface area contributed by atoms with Crippen molar-refractivity contribution in [2.24, 2.45) is 10.9 Å². The Balaban J connectivity index is 2.87. The number of hydrogen-bond donors (Lipinski definition) is 1. The molecule has 0 atom stereocenters. The van der Waals surface area contributed by atoms with Crippen LogP contribution in [0.5, 0.6) is 0 Å². The fourth-order valence-corrected chi connectivity index (χ4v) is 1.43. The molecule has 0 unspecified atom stereocenters. The van der Waals surface area contributed by atoms with Crippen molar-refractivity contribution < 1.29 is 18.4 Å². The minimum Gasteiger partial charge on any atom is -0.380 e. The van der Waals surface area contributed by atoms with E-state index < -0.39 is 11.4 Å². The summed E-state index contributed by atoms with van der Waals surface area (Å²) in [5, 5.41) is -0.698. The van der Waals surface area contributed by atoms with Crippen LogP contribution in [0, 0.1) is 0 Å². The Morgan fingerprint density at radius 3 is 2.50 bits per heavy atom. The highest BCUT2D eigenvalue weighted by Crippen LogP contribution is 2.22. The molecule has 0 spiro atoms. The predicted octanol–water partition coefficient (Wildman–Crippen LogP) is 2.99. The van der Waals surface area contributed by atoms with Gasteiger partial charge in [0, 0.05) is 10.6 Å². The second-order valence-corrected chi connectivity index (χ2v) is 4.30. The van der Waals surface area contributed by atoms with Gasteiger partial charge >= 0.3 is 11.4 Å². The monoisotopic (exact) mass is 316 g/mol. The number of carbonyl (C=O) groups is 1. The van der Waals surface area contributed by atoms with Gasteiger partial charge in [-0.15, -0.1) is 0 Å². The van der Waals surface area contributed by atoms with Crippen LogP contribution in [0.2, 0.25) is 10.0 Å². The summed E-state index contributed by atoms with van der Waals surface area (Å²) < 4.78 is 24.5. The average molecular weight is 318 g/mol. The van der Waals surface area contributed by atoms with Gasteiger partial charge in [0.05, 0.1) is 5.02 Å². The van der Waals surface area contributed by atoms with Crippen molar-refractivity contribution in [3.63, 3.8) is 0 Å². The Hall–Kier alpha value is -1.11. The van der Waals surface area contributed by atoms with Crippen LogP contribution in [0.1, 0.15) is 5.56 Å². The first kappa shape index (κ1) is 14.9. The number of oxime groups is 1. The van der Waals surface area contributed by atoms with Gasteiger partial charge in [0.25, 0.3) is 0 Å². The van der Waals surface area contributed by atoms with E-state index in [9.17, 15) is 13.6 Å². The quantitative estimate of drug-likeness (QED) is 0.306. The molecule has 0 aliphatic heterocycles. The molecule has 0 aliphatic rings. The van der Waals surface area contributed by atoms with Gasteiger partial charge in [-0.3, -0.25) is 0 Å². The van der Waals surface area contributed by atoms with Crippen LogP contribution in [0.25, 0.3) is 0 Å². The SMILES string of the molecule is N/C(=N\OC(=O)C(F)(F)Cl)c1ccc(Cl)cc1Cl. The third-order valence-corrected chi connectivity index (χ3v) is 2.37. The molecule has 0 fully saturated rings. The maximum absolute atomic E-state index is 12.2. The maximum Gasteiger partial charge on any atom is 0.420 e. The highest BCUT2D eigenvalue weighted by atomic mass is 35.5. The molecule has 1 aromatic carbocycles. The van der Waals surface area contributed by atoms with Gasteiger partial charge in [-0.2, -0.15) is 8.78 Å². The van der Waals surface area contributed by atoms with E-state index in [0.29, 0.717) is 5.02 Å². The lowest BCUT2D eigenvalue weighted by Gasteiger charge is -2.05. The van der Waals surface area contributed by atoms with Crippen molar-refractivity contribution in [1.82, 2.24) is 0 Å². The van der Waals surface area contributed by atoms with E-state index in [1.807, 2.05) is 0 Å². The van der Waals surface area contributed by atoms with Gasteiger partial charge in [-0.05, 0) is 29.8 Å². The normalized spacial score (nSPS) is 12.4. The molecule has 98 valence electrons. The molecular weight excluding hydrogens is 312 g/mol. The zero-order valence-corrected chi connectivity index (χ0v) is 10.7. The van der Waals surface area contributed by atoms with Crippen molar-refractivity contribution in [1.29, 1.82) is 0 Å². The summed E-state index contributed by atoms with van der Waals surface area (Å²) in [6.07, 6.45) is 0. The molecular formula is C9H5Cl3F2N2O2. The number of rotatable bonds is 3. The fraction of sp³-hybridized carbons (Fsp3) is 0.111. The number of benzene rings is 1. The molecule has 0 aliphatic carbocycles. The highest BCUT2D eigenvalue weighted by molar-refractivity contribution is 6.37. The minimum atomic E-state index is -4.17. The summed E-state index contributed by atoms with van der Waals surface area (Å²) in [7, 11) is 0. The minimum absolute atomic E-state index is 0.123. The zero-order chi connectivity index (χ0) is 13.9. The van der Waals surface area contributed by atoms with Gasteiger partial charge in [-0.25, -0.2) is 4.79 Å². The van der Waals surface area contributed by atoms with E-state index >= 15 is 0 Å². The molecule has 1 rings (SSSR count). The Labute approximate surface area is 115 Å². The van der Waals surface area contributed by atoms with Crippen LogP contribution in [0.3, 0.4) is 0 Å². The number of carbonyl (C=O) groups excluding carboxylic acids is 1. The van der Waals surface area contributed by atoms with Crippen molar-refractivity contribution in [3.8, 4) is 0 Å². The molecule has 0 heterocycles. The maximum atomic E-state index is 12.2. The van der Waals surface area contributed by atoms with Crippen LogP contribution in [0.15, 0.2) is 23.4 Å². The van der Waals surface area contributed by atoms with Crippen LogP contribution < -0.4 is 5.73 Å². The molecule has 2 N–H and O–H groups in total. The second kappa shape index (κ2) is 5.69. The fourth-order valence-electron chi connectivity index (χ4n) is 0.889. The second-order valence-electron chi connectivity index (χ2n) is 2.98. The van der Waals surface area contributed by atoms with Crippen molar-refractivity contribution in [3.05, 3.63) is 33.8 Å². The molecule has 0 saturated carbocycles. The molecule has 1 aromatic rings. The highest BCUT2D eigenvalue weighted by Gasteiger charge is 2.38. The van der Waals surface area contributed by atoms with Crippen molar-refractivity contribution in [2.75, 3.05) is 0 Å². The van der Waals surface area contributed by atoms with E-state index in [4.69, 9.17) is 28.9 Å². The van der Waals surface area contributed by atoms with E-state index in [1.54, 1.807) is 0 Å². The largest absolute Gasteiger partial charge is 0.420 e. The molecule has 4 nitrogen and oxygen atoms in total. The van der Waals surface area contributed by atoms with Gasteiger partial charge < -0.3 is 10.6 Å². The topological polar surface area (TPSA) is 64.7 Å². The summed E-state index contributed by atoms with van der Waals surface area (Å²) in [5.74, 6) is -2.41. The lowest BCUT2D eigenvalue weighted by Crippen LogP contribution is -2.24. The van der Waals surface area contributed by atoms with Gasteiger partial charge in [0.2, 0.25) is 0 Å². The molecule has 0 amide bonds. The number of nitrogens with zero attached hydrogens (tertiary/aromatic N) is 1. The summed E-state index contributed by atoms with van der Waals surface area (Å²) in [5.41, 5.74) is 5.57. The number of amidine groups is 1. The van der Waals surface area contributed by atoms with E-state index in [0.717, 1.165) is 0 Å².